The molecule has 0 heterocycles. The lowest BCUT2D eigenvalue weighted by Gasteiger charge is -2.41. The lowest BCUT2D eigenvalue weighted by molar-refractivity contribution is -0.145. The van der Waals surface area contributed by atoms with Crippen LogP contribution in [0.15, 0.2) is 24.3 Å². The second kappa shape index (κ2) is 17.1. The zero-order valence-corrected chi connectivity index (χ0v) is 33.1. The van der Waals surface area contributed by atoms with Crippen LogP contribution < -0.4 is 15.3 Å². The van der Waals surface area contributed by atoms with Crippen LogP contribution in [0.4, 0.5) is 0 Å². The number of halogens is 2. The first kappa shape index (κ1) is 38.3. The van der Waals surface area contributed by atoms with E-state index in [0.29, 0.717) is 21.7 Å². The molecule has 0 aliphatic heterocycles. The van der Waals surface area contributed by atoms with Gasteiger partial charge in [-0.1, -0.05) is 100 Å². The highest BCUT2D eigenvalue weighted by atomic mass is 35.5. The molecule has 0 aromatic heterocycles. The van der Waals surface area contributed by atoms with Gasteiger partial charge in [0.2, 0.25) is 0 Å². The molecule has 0 saturated heterocycles. The molecular weight excluding hydrogens is 709 g/mol. The van der Waals surface area contributed by atoms with Crippen molar-refractivity contribution >= 4 is 54.1 Å². The second-order valence-corrected chi connectivity index (χ2v) is 22.8. The summed E-state index contributed by atoms with van der Waals surface area (Å²) in [5, 5.41) is 13.9. The summed E-state index contributed by atoms with van der Waals surface area (Å²) in [5.41, 5.74) is 0.738. The Morgan fingerprint density at radius 3 is 1.42 bits per heavy atom. The molecule has 276 valence electrons. The van der Waals surface area contributed by atoms with E-state index in [0.717, 1.165) is 128 Å². The summed E-state index contributed by atoms with van der Waals surface area (Å²) >= 11 is 13.9. The Kier molecular flexibility index (Phi) is 13.1. The maximum Gasteiger partial charge on any atom is 0.344 e. The fourth-order valence-electron chi connectivity index (χ4n) is 9.89. The number of rotatable bonds is 11. The second-order valence-electron chi connectivity index (χ2n) is 15.2. The van der Waals surface area contributed by atoms with Gasteiger partial charge < -0.3 is 23.7 Å². The average molecular weight is 766 g/mol. The number of phenolic OH excluding ortho intramolecular Hbond substituents is 1. The van der Waals surface area contributed by atoms with Crippen molar-refractivity contribution in [3.63, 3.8) is 0 Å². The van der Waals surface area contributed by atoms with E-state index in [4.69, 9.17) is 32.7 Å². The molecule has 10 heteroatoms. The molecule has 4 aliphatic rings. The van der Waals surface area contributed by atoms with Crippen LogP contribution in [0.25, 0.3) is 11.1 Å². The summed E-state index contributed by atoms with van der Waals surface area (Å²) in [7, 11) is -6.39. The van der Waals surface area contributed by atoms with Crippen LogP contribution >= 0.6 is 37.5 Å². The van der Waals surface area contributed by atoms with Crippen molar-refractivity contribution in [3.8, 4) is 22.6 Å². The fourth-order valence-corrected chi connectivity index (χ4v) is 19.3. The Morgan fingerprint density at radius 2 is 1.02 bits per heavy atom. The summed E-state index contributed by atoms with van der Waals surface area (Å²) in [6, 6.07) is 7.20. The number of hydrogen-bond acceptors (Lipinski definition) is 6. The van der Waals surface area contributed by atoms with Gasteiger partial charge in [0.15, 0.2) is 6.61 Å². The largest absolute Gasteiger partial charge is 0.506 e. The monoisotopic (exact) mass is 764 g/mol. The van der Waals surface area contributed by atoms with Crippen LogP contribution in [0.5, 0.6) is 11.5 Å². The fraction of sp³-hybridized carbons (Fsp3) is 0.675. The third kappa shape index (κ3) is 7.62. The summed E-state index contributed by atoms with van der Waals surface area (Å²) in [4.78, 5) is 12.8. The highest BCUT2D eigenvalue weighted by Gasteiger charge is 2.48. The topological polar surface area (TPSA) is 89.9 Å². The van der Waals surface area contributed by atoms with Gasteiger partial charge in [0.25, 0.3) is 0 Å². The van der Waals surface area contributed by atoms with Crippen molar-refractivity contribution in [2.75, 3.05) is 13.2 Å². The third-order valence-corrected chi connectivity index (χ3v) is 21.6. The number of benzene rings is 2. The SMILES string of the molecule is CCOC(=O)COc1c(Cl)ccc(P(=O)(C2CCCCC2)C2CCCCC2)c1-c1c(P(=O)(C2CCCCC2)C2CCCCC2)ccc(Cl)c1O. The van der Waals surface area contributed by atoms with Crippen molar-refractivity contribution in [2.24, 2.45) is 0 Å². The van der Waals surface area contributed by atoms with Crippen molar-refractivity contribution in [3.05, 3.63) is 34.3 Å². The molecule has 0 bridgehead atoms. The van der Waals surface area contributed by atoms with Crippen molar-refractivity contribution in [2.45, 2.75) is 158 Å². The Morgan fingerprint density at radius 1 is 0.640 bits per heavy atom. The minimum Gasteiger partial charge on any atom is -0.506 e. The standard InChI is InChI=1S/C40H56Cl2O6P2/c1-2-47-36(43)27-48-40-33(42)24-26-35(50(46,30-19-11-5-12-20-30)31-21-13-6-14-22-31)38(40)37-34(25-23-32(41)39(37)44)49(45,28-15-7-3-8-16-28)29-17-9-4-10-18-29/h23-26,28-31,44H,2-22,27H2,1H3. The van der Waals surface area contributed by atoms with Crippen LogP contribution in [0, 0.1) is 0 Å². The highest BCUT2D eigenvalue weighted by Crippen LogP contribution is 2.67. The van der Waals surface area contributed by atoms with E-state index in [2.05, 4.69) is 0 Å². The van der Waals surface area contributed by atoms with Gasteiger partial charge in [-0.2, -0.15) is 0 Å². The predicted octanol–water partition coefficient (Wildman–Crippen LogP) is 11.6. The molecule has 0 unspecified atom stereocenters. The quantitative estimate of drug-likeness (QED) is 0.181. The first-order valence-corrected chi connectivity index (χ1v) is 24.0. The van der Waals surface area contributed by atoms with Gasteiger partial charge in [-0.25, -0.2) is 4.79 Å². The third-order valence-electron chi connectivity index (χ3n) is 12.3. The number of carbonyl (C=O) groups excluding carboxylic acids is 1. The summed E-state index contributed by atoms with van der Waals surface area (Å²) in [6.07, 6.45) is 19.8. The Hall–Kier alpha value is -1.45. The molecule has 4 aliphatic carbocycles. The first-order valence-electron chi connectivity index (χ1n) is 19.5. The highest BCUT2D eigenvalue weighted by molar-refractivity contribution is 7.74. The van der Waals surface area contributed by atoms with E-state index in [-0.39, 0.29) is 50.8 Å². The minimum absolute atomic E-state index is 0.00583. The van der Waals surface area contributed by atoms with E-state index >= 15 is 9.13 Å². The Bertz CT molecular complexity index is 1540. The van der Waals surface area contributed by atoms with Crippen molar-refractivity contribution in [1.82, 2.24) is 0 Å². The van der Waals surface area contributed by atoms with Crippen LogP contribution in [-0.4, -0.2) is 46.9 Å². The van der Waals surface area contributed by atoms with Gasteiger partial charge in [-0.05, 0) is 82.6 Å². The van der Waals surface area contributed by atoms with E-state index < -0.39 is 26.9 Å². The lowest BCUT2D eigenvalue weighted by atomic mass is 9.99. The average Bonchev–Trinajstić information content (AvgIpc) is 3.16. The summed E-state index contributed by atoms with van der Waals surface area (Å²) < 4.78 is 44.3. The van der Waals surface area contributed by atoms with Crippen molar-refractivity contribution < 1.29 is 28.5 Å². The number of hydrogen-bond donors (Lipinski definition) is 1. The summed E-state index contributed by atoms with van der Waals surface area (Å²) in [5.74, 6) is -0.547. The molecule has 2 aromatic carbocycles. The van der Waals surface area contributed by atoms with Gasteiger partial charge in [0, 0.05) is 44.4 Å². The Balaban J connectivity index is 1.66. The normalized spacial score (nSPS) is 20.9. The molecular formula is C40H56Cl2O6P2. The van der Waals surface area contributed by atoms with Crippen LogP contribution in [0.2, 0.25) is 10.0 Å². The molecule has 6 nitrogen and oxygen atoms in total. The first-order chi connectivity index (χ1) is 24.2. The van der Waals surface area contributed by atoms with E-state index in [1.165, 1.54) is 0 Å². The number of phenols is 1. The Labute approximate surface area is 309 Å². The maximum atomic E-state index is 16.4. The smallest absolute Gasteiger partial charge is 0.344 e. The molecule has 50 heavy (non-hydrogen) atoms. The molecule has 0 amide bonds. The molecule has 1 N–H and O–H groups in total. The predicted molar refractivity (Wildman–Crippen MR) is 208 cm³/mol. The molecule has 0 radical (unpaired) electrons. The van der Waals surface area contributed by atoms with E-state index in [1.807, 2.05) is 12.1 Å². The van der Waals surface area contributed by atoms with Gasteiger partial charge in [0.1, 0.15) is 25.8 Å². The number of ether oxygens (including phenoxy) is 2. The number of aromatic hydroxyl groups is 1. The zero-order chi connectivity index (χ0) is 35.3. The molecule has 4 fully saturated rings. The minimum atomic E-state index is -3.20. The van der Waals surface area contributed by atoms with Crippen LogP contribution in [-0.2, 0) is 18.7 Å². The number of carbonyl (C=O) groups is 1. The van der Waals surface area contributed by atoms with E-state index in [1.54, 1.807) is 19.1 Å². The molecule has 0 atom stereocenters. The lowest BCUT2D eigenvalue weighted by Crippen LogP contribution is -2.33. The molecule has 0 spiro atoms. The molecule has 2 aromatic rings. The molecule has 6 rings (SSSR count). The zero-order valence-electron chi connectivity index (χ0n) is 29.8. The van der Waals surface area contributed by atoms with Gasteiger partial charge in [-0.15, -0.1) is 0 Å². The van der Waals surface area contributed by atoms with Crippen LogP contribution in [0.1, 0.15) is 135 Å². The molecule has 4 saturated carbocycles. The van der Waals surface area contributed by atoms with Crippen LogP contribution in [0.3, 0.4) is 0 Å². The van der Waals surface area contributed by atoms with E-state index in [9.17, 15) is 9.90 Å². The number of esters is 1. The van der Waals surface area contributed by atoms with Gasteiger partial charge in [-0.3, -0.25) is 0 Å². The van der Waals surface area contributed by atoms with Gasteiger partial charge >= 0.3 is 5.97 Å². The summed E-state index contributed by atoms with van der Waals surface area (Å²) in [6.45, 7) is 1.54. The van der Waals surface area contributed by atoms with Crippen molar-refractivity contribution in [1.29, 1.82) is 0 Å². The maximum absolute atomic E-state index is 16.4. The van der Waals surface area contributed by atoms with Gasteiger partial charge in [0.05, 0.1) is 16.7 Å².